The molecule has 2 heterocycles. The van der Waals surface area contributed by atoms with Crippen LogP contribution in [0.4, 0.5) is 4.39 Å². The number of carbonyl (C=O) groups is 1. The minimum absolute atomic E-state index is 0.0224. The van der Waals surface area contributed by atoms with Gasteiger partial charge in [0.25, 0.3) is 5.91 Å². The van der Waals surface area contributed by atoms with Crippen molar-refractivity contribution in [2.75, 3.05) is 13.1 Å². The molecule has 2 N–H and O–H groups in total. The number of nitrogens with two attached hydrogens (primary N) is 1. The van der Waals surface area contributed by atoms with E-state index in [4.69, 9.17) is 5.73 Å². The smallest absolute Gasteiger partial charge is 0.270 e. The van der Waals surface area contributed by atoms with E-state index in [1.165, 1.54) is 6.07 Å². The number of nitrogens with zero attached hydrogens (tertiary/aromatic N) is 2. The molecule has 2 aromatic carbocycles. The maximum atomic E-state index is 14.3. The molecule has 1 saturated heterocycles. The minimum Gasteiger partial charge on any atom is -0.337 e. The number of para-hydroxylation sites is 1. The number of carbonyl (C=O) groups excluding carboxylic acids is 1. The highest BCUT2D eigenvalue weighted by Crippen LogP contribution is 2.38. The first-order valence-electron chi connectivity index (χ1n) is 9.98. The number of likely N-dealkylation sites (tertiary alicyclic amines) is 1. The van der Waals surface area contributed by atoms with Crippen molar-refractivity contribution in [1.29, 1.82) is 0 Å². The molecule has 2 aliphatic rings. The monoisotopic (exact) mass is 377 g/mol. The van der Waals surface area contributed by atoms with E-state index in [2.05, 4.69) is 0 Å². The van der Waals surface area contributed by atoms with E-state index in [9.17, 15) is 9.18 Å². The number of aromatic nitrogens is 1. The van der Waals surface area contributed by atoms with E-state index < -0.39 is 0 Å². The summed E-state index contributed by atoms with van der Waals surface area (Å²) < 4.78 is 16.2. The first-order chi connectivity index (χ1) is 13.6. The Morgan fingerprint density at radius 2 is 1.86 bits per heavy atom. The summed E-state index contributed by atoms with van der Waals surface area (Å²) >= 11 is 0. The van der Waals surface area contributed by atoms with E-state index in [0.29, 0.717) is 29.6 Å². The maximum absolute atomic E-state index is 14.3. The second kappa shape index (κ2) is 6.74. The van der Waals surface area contributed by atoms with Gasteiger partial charge in [-0.15, -0.1) is 0 Å². The van der Waals surface area contributed by atoms with Gasteiger partial charge in [0.2, 0.25) is 0 Å². The van der Waals surface area contributed by atoms with Crippen molar-refractivity contribution in [2.24, 2.45) is 17.6 Å². The van der Waals surface area contributed by atoms with Gasteiger partial charge in [-0.1, -0.05) is 36.4 Å². The number of hydrogen-bond acceptors (Lipinski definition) is 2. The highest BCUT2D eigenvalue weighted by Gasteiger charge is 2.43. The van der Waals surface area contributed by atoms with Crippen LogP contribution in [0.25, 0.3) is 10.9 Å². The summed E-state index contributed by atoms with van der Waals surface area (Å²) in [4.78, 5) is 15.4. The van der Waals surface area contributed by atoms with Gasteiger partial charge in [0.05, 0.1) is 6.54 Å². The number of benzene rings is 2. The number of hydrogen-bond donors (Lipinski definition) is 1. The highest BCUT2D eigenvalue weighted by atomic mass is 19.1. The van der Waals surface area contributed by atoms with Gasteiger partial charge in [0.1, 0.15) is 11.5 Å². The Hall–Kier alpha value is -2.66. The van der Waals surface area contributed by atoms with E-state index in [1.807, 2.05) is 45.9 Å². The molecule has 1 saturated carbocycles. The topological polar surface area (TPSA) is 51.3 Å². The molecule has 0 spiro atoms. The van der Waals surface area contributed by atoms with Gasteiger partial charge in [0, 0.05) is 35.6 Å². The zero-order valence-electron chi connectivity index (χ0n) is 15.7. The Morgan fingerprint density at radius 3 is 2.68 bits per heavy atom. The molecule has 3 aromatic rings. The largest absolute Gasteiger partial charge is 0.337 e. The fourth-order valence-corrected chi connectivity index (χ4v) is 4.99. The van der Waals surface area contributed by atoms with Crippen LogP contribution in [-0.4, -0.2) is 34.5 Å². The standard InChI is InChI=1S/C23H24FN3O/c24-19-7-3-1-6-17(19)13-27-21-8-4-2-5-15(21)11-22(27)23(28)26-12-16-9-10-20(25)18(16)14-26/h1-8,11,16,18,20H,9-10,12-14,25H2. The van der Waals surface area contributed by atoms with Crippen molar-refractivity contribution in [2.45, 2.75) is 25.4 Å². The van der Waals surface area contributed by atoms with Crippen LogP contribution in [0.1, 0.15) is 28.9 Å². The molecule has 4 nitrogen and oxygen atoms in total. The van der Waals surface area contributed by atoms with E-state index in [-0.39, 0.29) is 17.8 Å². The lowest BCUT2D eigenvalue weighted by molar-refractivity contribution is 0.0770. The van der Waals surface area contributed by atoms with Gasteiger partial charge in [-0.25, -0.2) is 4.39 Å². The van der Waals surface area contributed by atoms with Crippen molar-refractivity contribution in [3.63, 3.8) is 0 Å². The predicted octanol–water partition coefficient (Wildman–Crippen LogP) is 3.64. The molecule has 0 radical (unpaired) electrons. The molecule has 1 aliphatic heterocycles. The van der Waals surface area contributed by atoms with Gasteiger partial charge in [-0.05, 0) is 42.9 Å². The zero-order chi connectivity index (χ0) is 19.3. The minimum atomic E-state index is -0.250. The first kappa shape index (κ1) is 17.4. The lowest BCUT2D eigenvalue weighted by Gasteiger charge is -2.20. The summed E-state index contributed by atoms with van der Waals surface area (Å²) in [7, 11) is 0. The second-order valence-corrected chi connectivity index (χ2v) is 8.14. The summed E-state index contributed by atoms with van der Waals surface area (Å²) in [5, 5.41) is 0.998. The summed E-state index contributed by atoms with van der Waals surface area (Å²) in [5.41, 5.74) is 8.40. The van der Waals surface area contributed by atoms with Crippen molar-refractivity contribution in [1.82, 2.24) is 9.47 Å². The van der Waals surface area contributed by atoms with Crippen LogP contribution in [0.15, 0.2) is 54.6 Å². The highest BCUT2D eigenvalue weighted by molar-refractivity contribution is 5.99. The third kappa shape index (κ3) is 2.81. The fraction of sp³-hybridized carbons (Fsp3) is 0.348. The number of rotatable bonds is 3. The Bertz CT molecular complexity index is 1040. The molecular weight excluding hydrogens is 353 g/mol. The molecule has 1 aliphatic carbocycles. The first-order valence-corrected chi connectivity index (χ1v) is 9.98. The van der Waals surface area contributed by atoms with E-state index >= 15 is 0 Å². The van der Waals surface area contributed by atoms with Crippen LogP contribution in [0.5, 0.6) is 0 Å². The van der Waals surface area contributed by atoms with Gasteiger partial charge in [-0.3, -0.25) is 4.79 Å². The summed E-state index contributed by atoms with van der Waals surface area (Å²) in [6.07, 6.45) is 2.17. The van der Waals surface area contributed by atoms with Gasteiger partial charge in [-0.2, -0.15) is 0 Å². The normalized spacial score (nSPS) is 24.1. The average molecular weight is 377 g/mol. The SMILES string of the molecule is NC1CCC2CN(C(=O)c3cc4ccccc4n3Cc3ccccc3F)CC12. The summed E-state index contributed by atoms with van der Waals surface area (Å²) in [6, 6.07) is 16.8. The van der Waals surface area contributed by atoms with Gasteiger partial charge in [0.15, 0.2) is 0 Å². The molecule has 3 unspecified atom stereocenters. The third-order valence-electron chi connectivity index (χ3n) is 6.52. The van der Waals surface area contributed by atoms with Crippen LogP contribution in [0.3, 0.4) is 0 Å². The van der Waals surface area contributed by atoms with Crippen molar-refractivity contribution in [3.05, 3.63) is 71.7 Å². The number of fused-ring (bicyclic) bond motifs is 2. The quantitative estimate of drug-likeness (QED) is 0.758. The Balaban J connectivity index is 1.52. The molecule has 0 bridgehead atoms. The van der Waals surface area contributed by atoms with Crippen LogP contribution in [0, 0.1) is 17.7 Å². The lowest BCUT2D eigenvalue weighted by atomic mass is 9.98. The molecule has 1 amide bonds. The van der Waals surface area contributed by atoms with Crippen LogP contribution in [-0.2, 0) is 6.54 Å². The van der Waals surface area contributed by atoms with Crippen LogP contribution in [0.2, 0.25) is 0 Å². The predicted molar refractivity (Wildman–Crippen MR) is 108 cm³/mol. The van der Waals surface area contributed by atoms with Gasteiger partial charge >= 0.3 is 0 Å². The number of amides is 1. The van der Waals surface area contributed by atoms with Crippen LogP contribution < -0.4 is 5.73 Å². The lowest BCUT2D eigenvalue weighted by Crippen LogP contribution is -2.34. The Labute approximate surface area is 163 Å². The summed E-state index contributed by atoms with van der Waals surface area (Å²) in [6.45, 7) is 1.84. The van der Waals surface area contributed by atoms with Crippen molar-refractivity contribution in [3.8, 4) is 0 Å². The third-order valence-corrected chi connectivity index (χ3v) is 6.52. The van der Waals surface area contributed by atoms with E-state index in [1.54, 1.807) is 12.1 Å². The van der Waals surface area contributed by atoms with Crippen molar-refractivity contribution < 1.29 is 9.18 Å². The molecule has 1 aromatic heterocycles. The fourth-order valence-electron chi connectivity index (χ4n) is 4.99. The Kier molecular flexibility index (Phi) is 4.20. The number of halogens is 1. The van der Waals surface area contributed by atoms with Crippen molar-refractivity contribution >= 4 is 16.8 Å². The molecule has 28 heavy (non-hydrogen) atoms. The zero-order valence-corrected chi connectivity index (χ0v) is 15.7. The molecular formula is C23H24FN3O. The van der Waals surface area contributed by atoms with E-state index in [0.717, 1.165) is 36.8 Å². The average Bonchev–Trinajstić information content (AvgIpc) is 3.38. The maximum Gasteiger partial charge on any atom is 0.270 e. The molecule has 5 rings (SSSR count). The summed E-state index contributed by atoms with van der Waals surface area (Å²) in [5.74, 6) is 0.700. The van der Waals surface area contributed by atoms with Crippen LogP contribution >= 0.6 is 0 Å². The molecule has 5 heteroatoms. The Morgan fingerprint density at radius 1 is 1.07 bits per heavy atom. The molecule has 2 fully saturated rings. The second-order valence-electron chi connectivity index (χ2n) is 8.14. The molecule has 3 atom stereocenters. The van der Waals surface area contributed by atoms with Gasteiger partial charge < -0.3 is 15.2 Å². The molecule has 144 valence electrons.